The normalized spacial score (nSPS) is 16.5. The predicted molar refractivity (Wildman–Crippen MR) is 120 cm³/mol. The monoisotopic (exact) mass is 414 g/mol. The Kier molecular flexibility index (Phi) is 5.05. The lowest BCUT2D eigenvalue weighted by Gasteiger charge is -2.10. The molecular formula is C23H22N6O2. The number of hydrogen-bond acceptors (Lipinski definition) is 6. The number of nitrogens with one attached hydrogen (secondary N) is 1. The second-order valence-corrected chi connectivity index (χ2v) is 7.46. The van der Waals surface area contributed by atoms with Crippen molar-refractivity contribution in [2.45, 2.75) is 18.9 Å². The molecule has 0 radical (unpaired) electrons. The number of rotatable bonds is 5. The minimum Gasteiger partial charge on any atom is -0.383 e. The molecule has 8 nitrogen and oxygen atoms in total. The van der Waals surface area contributed by atoms with Crippen LogP contribution in [-0.4, -0.2) is 46.0 Å². The number of anilines is 1. The highest BCUT2D eigenvalue weighted by molar-refractivity contribution is 6.10. The van der Waals surface area contributed by atoms with Crippen molar-refractivity contribution in [2.24, 2.45) is 5.10 Å². The average molecular weight is 414 g/mol. The van der Waals surface area contributed by atoms with Gasteiger partial charge in [-0.15, -0.1) is 0 Å². The number of fused-ring (bicyclic) bond motifs is 2. The third kappa shape index (κ3) is 3.73. The van der Waals surface area contributed by atoms with E-state index in [9.17, 15) is 4.79 Å². The number of carbonyl (C=O) groups excluding carboxylic acids is 1. The molecule has 0 spiro atoms. The van der Waals surface area contributed by atoms with Crippen LogP contribution in [0.1, 0.15) is 28.8 Å². The van der Waals surface area contributed by atoms with Crippen LogP contribution in [0.15, 0.2) is 59.7 Å². The predicted octanol–water partition coefficient (Wildman–Crippen LogP) is 2.96. The molecule has 0 aliphatic carbocycles. The van der Waals surface area contributed by atoms with Crippen molar-refractivity contribution < 1.29 is 9.53 Å². The summed E-state index contributed by atoms with van der Waals surface area (Å²) in [6.45, 7) is 1.16. The molecule has 3 N–H and O–H groups in total. The van der Waals surface area contributed by atoms with Crippen LogP contribution >= 0.6 is 0 Å². The Morgan fingerprint density at radius 2 is 1.90 bits per heavy atom. The fourth-order valence-corrected chi connectivity index (χ4v) is 3.75. The molecule has 31 heavy (non-hydrogen) atoms. The van der Waals surface area contributed by atoms with Gasteiger partial charge in [0.15, 0.2) is 5.65 Å². The number of hydrogen-bond donors (Lipinski definition) is 2. The molecule has 1 fully saturated rings. The van der Waals surface area contributed by atoms with Crippen LogP contribution < -0.4 is 11.1 Å². The van der Waals surface area contributed by atoms with Gasteiger partial charge in [0.1, 0.15) is 16.9 Å². The van der Waals surface area contributed by atoms with Crippen LogP contribution in [0.2, 0.25) is 0 Å². The minimum absolute atomic E-state index is 0.0292. The molecule has 3 heterocycles. The number of ether oxygens (including phenoxy) is 1. The van der Waals surface area contributed by atoms with E-state index in [2.05, 4.69) is 15.4 Å². The van der Waals surface area contributed by atoms with E-state index in [0.717, 1.165) is 25.0 Å². The van der Waals surface area contributed by atoms with E-state index in [1.165, 1.54) is 4.68 Å². The maximum absolute atomic E-state index is 13.1. The van der Waals surface area contributed by atoms with Crippen LogP contribution in [0, 0.1) is 0 Å². The van der Waals surface area contributed by atoms with Crippen molar-refractivity contribution in [3.8, 4) is 0 Å². The second kappa shape index (κ2) is 8.16. The van der Waals surface area contributed by atoms with Crippen molar-refractivity contribution in [3.05, 3.63) is 65.7 Å². The van der Waals surface area contributed by atoms with Gasteiger partial charge in [0.05, 0.1) is 23.4 Å². The first-order valence-corrected chi connectivity index (χ1v) is 10.3. The maximum Gasteiger partial charge on any atom is 0.257 e. The van der Waals surface area contributed by atoms with E-state index in [1.54, 1.807) is 6.21 Å². The topological polar surface area (TPSA) is 107 Å². The van der Waals surface area contributed by atoms with E-state index in [1.807, 2.05) is 54.6 Å². The van der Waals surface area contributed by atoms with E-state index in [-0.39, 0.29) is 23.4 Å². The van der Waals surface area contributed by atoms with Gasteiger partial charge in [-0.3, -0.25) is 4.79 Å². The summed E-state index contributed by atoms with van der Waals surface area (Å²) < 4.78 is 7.08. The first-order valence-electron chi connectivity index (χ1n) is 10.3. The van der Waals surface area contributed by atoms with Crippen molar-refractivity contribution in [1.29, 1.82) is 0 Å². The van der Waals surface area contributed by atoms with Gasteiger partial charge in [-0.1, -0.05) is 42.5 Å². The SMILES string of the molecule is Nc1c(C(=O)NCC2CCCO2)c2nc3ccccc3nc2n1/N=C/c1ccccc1. The summed E-state index contributed by atoms with van der Waals surface area (Å²) in [4.78, 5) is 22.5. The average Bonchev–Trinajstić information content (AvgIpc) is 3.41. The molecule has 0 bridgehead atoms. The van der Waals surface area contributed by atoms with E-state index in [4.69, 9.17) is 15.5 Å². The number of nitrogens with zero attached hydrogens (tertiary/aromatic N) is 4. The van der Waals surface area contributed by atoms with Crippen molar-refractivity contribution in [1.82, 2.24) is 20.0 Å². The van der Waals surface area contributed by atoms with Gasteiger partial charge in [0.2, 0.25) is 0 Å². The minimum atomic E-state index is -0.309. The molecule has 1 aliphatic heterocycles. The fraction of sp³-hybridized carbons (Fsp3) is 0.217. The second-order valence-electron chi connectivity index (χ2n) is 7.46. The fourth-order valence-electron chi connectivity index (χ4n) is 3.75. The lowest BCUT2D eigenvalue weighted by atomic mass is 10.2. The molecule has 1 unspecified atom stereocenters. The van der Waals surface area contributed by atoms with Gasteiger partial charge >= 0.3 is 0 Å². The van der Waals surface area contributed by atoms with Gasteiger partial charge in [-0.05, 0) is 30.5 Å². The summed E-state index contributed by atoms with van der Waals surface area (Å²) in [7, 11) is 0. The number of amides is 1. The highest BCUT2D eigenvalue weighted by Crippen LogP contribution is 2.28. The van der Waals surface area contributed by atoms with Crippen LogP contribution in [0.25, 0.3) is 22.2 Å². The third-order valence-electron chi connectivity index (χ3n) is 5.34. The number of nitrogens with two attached hydrogens (primary N) is 1. The lowest BCUT2D eigenvalue weighted by Crippen LogP contribution is -2.32. The Bertz CT molecular complexity index is 1280. The zero-order valence-electron chi connectivity index (χ0n) is 16.9. The number of nitrogen functional groups attached to an aromatic ring is 1. The molecule has 1 amide bonds. The van der Waals surface area contributed by atoms with Crippen LogP contribution in [0.3, 0.4) is 0 Å². The van der Waals surface area contributed by atoms with Crippen LogP contribution in [0.4, 0.5) is 5.82 Å². The lowest BCUT2D eigenvalue weighted by molar-refractivity contribution is 0.0859. The van der Waals surface area contributed by atoms with Crippen LogP contribution in [0.5, 0.6) is 0 Å². The van der Waals surface area contributed by atoms with Crippen molar-refractivity contribution >= 4 is 40.1 Å². The molecule has 8 heteroatoms. The quantitative estimate of drug-likeness (QED) is 0.488. The summed E-state index contributed by atoms with van der Waals surface area (Å²) in [6, 6.07) is 17.2. The molecule has 2 aromatic carbocycles. The Hall–Kier alpha value is -3.78. The highest BCUT2D eigenvalue weighted by atomic mass is 16.5. The summed E-state index contributed by atoms with van der Waals surface area (Å²) in [6.07, 6.45) is 3.65. The molecule has 2 aromatic heterocycles. The van der Waals surface area contributed by atoms with E-state index >= 15 is 0 Å². The summed E-state index contributed by atoms with van der Waals surface area (Å²) in [5.41, 5.74) is 9.83. The summed E-state index contributed by atoms with van der Waals surface area (Å²) >= 11 is 0. The van der Waals surface area contributed by atoms with Crippen LogP contribution in [-0.2, 0) is 4.74 Å². The zero-order valence-corrected chi connectivity index (χ0v) is 16.9. The van der Waals surface area contributed by atoms with Crippen molar-refractivity contribution in [3.63, 3.8) is 0 Å². The third-order valence-corrected chi connectivity index (χ3v) is 5.34. The highest BCUT2D eigenvalue weighted by Gasteiger charge is 2.25. The smallest absolute Gasteiger partial charge is 0.257 e. The summed E-state index contributed by atoms with van der Waals surface area (Å²) in [5.74, 6) is -0.112. The summed E-state index contributed by atoms with van der Waals surface area (Å²) in [5, 5.41) is 7.44. The molecule has 156 valence electrons. The Morgan fingerprint density at radius 1 is 1.16 bits per heavy atom. The number of para-hydroxylation sites is 2. The van der Waals surface area contributed by atoms with E-state index < -0.39 is 0 Å². The molecular weight excluding hydrogens is 392 g/mol. The Labute approximate surface area is 178 Å². The molecule has 5 rings (SSSR count). The number of carbonyl (C=O) groups is 1. The van der Waals surface area contributed by atoms with Gasteiger partial charge in [0.25, 0.3) is 5.91 Å². The zero-order chi connectivity index (χ0) is 21.2. The molecule has 4 aromatic rings. The standard InChI is InChI=1S/C23H22N6O2/c24-21-19(23(30)25-14-16-9-6-12-31-16)20-22(28-18-11-5-4-10-17(18)27-20)29(21)26-13-15-7-2-1-3-8-15/h1-5,7-8,10-11,13,16H,6,9,12,14,24H2,(H,25,30)/b26-13+. The van der Waals surface area contributed by atoms with Gasteiger partial charge in [0, 0.05) is 13.2 Å². The molecule has 1 aliphatic rings. The Morgan fingerprint density at radius 3 is 2.65 bits per heavy atom. The van der Waals surface area contributed by atoms with E-state index in [0.29, 0.717) is 28.7 Å². The van der Waals surface area contributed by atoms with Gasteiger partial charge in [-0.25, -0.2) is 9.97 Å². The van der Waals surface area contributed by atoms with Gasteiger partial charge < -0.3 is 15.8 Å². The number of aromatic nitrogens is 3. The first-order chi connectivity index (χ1) is 15.2. The Balaban J connectivity index is 1.59. The largest absolute Gasteiger partial charge is 0.383 e. The molecule has 1 saturated heterocycles. The first kappa shape index (κ1) is 19.2. The van der Waals surface area contributed by atoms with Crippen molar-refractivity contribution in [2.75, 3.05) is 18.9 Å². The molecule has 1 atom stereocenters. The van der Waals surface area contributed by atoms with Gasteiger partial charge in [-0.2, -0.15) is 9.78 Å². The molecule has 0 saturated carbocycles. The number of benzene rings is 2. The maximum atomic E-state index is 13.1.